The minimum atomic E-state index is -4.00. The molecule has 2 heterocycles. The number of esters is 2. The van der Waals surface area contributed by atoms with E-state index in [4.69, 9.17) is 14.2 Å². The molecule has 0 bridgehead atoms. The molecule has 3 aromatic rings. The predicted molar refractivity (Wildman–Crippen MR) is 165 cm³/mol. The molecule has 0 spiro atoms. The van der Waals surface area contributed by atoms with Gasteiger partial charge in [-0.05, 0) is 72.0 Å². The SMILES string of the molecule is CCOC(=O)COc1c(C(=O)OC)sc(-c2cccc(N(C3CCNCC3)S(=O)(=O)Cc3cccc([N+](=O)[O-])c3)c2)c1Br. The van der Waals surface area contributed by atoms with Crippen molar-refractivity contribution < 1.29 is 37.1 Å². The smallest absolute Gasteiger partial charge is 0.351 e. The molecule has 0 aliphatic carbocycles. The Kier molecular flexibility index (Phi) is 10.8. The van der Waals surface area contributed by atoms with E-state index in [-0.39, 0.29) is 29.0 Å². The Bertz CT molecular complexity index is 1600. The Morgan fingerprint density at radius 2 is 1.88 bits per heavy atom. The number of hydrogen-bond donors (Lipinski definition) is 1. The zero-order valence-corrected chi connectivity index (χ0v) is 26.6. The minimum absolute atomic E-state index is 0.110. The van der Waals surface area contributed by atoms with Crippen molar-refractivity contribution in [1.29, 1.82) is 0 Å². The standard InChI is InChI=1S/C28H30BrN3O9S2/c1-3-40-23(33)16-41-25-24(29)26(42-27(25)28(34)39-2)19-7-5-8-21(15-19)31(20-10-12-30-13-11-20)43(37,38)17-18-6-4-9-22(14-18)32(35)36/h4-9,14-15,20,30H,3,10-13,16-17H2,1-2H3. The number of anilines is 1. The number of thiophene rings is 1. The molecule has 0 atom stereocenters. The highest BCUT2D eigenvalue weighted by Crippen LogP contribution is 2.47. The number of non-ortho nitro benzene ring substituents is 1. The first-order chi connectivity index (χ1) is 20.6. The van der Waals surface area contributed by atoms with E-state index in [1.165, 1.54) is 29.6 Å². The number of nitrogens with zero attached hydrogens (tertiary/aromatic N) is 2. The number of nitrogens with one attached hydrogen (secondary N) is 1. The van der Waals surface area contributed by atoms with Gasteiger partial charge in [0.1, 0.15) is 0 Å². The third kappa shape index (κ3) is 7.71. The van der Waals surface area contributed by atoms with Gasteiger partial charge in [-0.2, -0.15) is 0 Å². The summed E-state index contributed by atoms with van der Waals surface area (Å²) in [6.45, 7) is 2.68. The molecule has 1 N–H and O–H groups in total. The number of sulfonamides is 1. The van der Waals surface area contributed by atoms with Crippen LogP contribution in [0, 0.1) is 10.1 Å². The number of hydrogen-bond acceptors (Lipinski definition) is 11. The average molecular weight is 697 g/mol. The van der Waals surface area contributed by atoms with Crippen LogP contribution in [-0.2, 0) is 30.0 Å². The van der Waals surface area contributed by atoms with Gasteiger partial charge >= 0.3 is 11.9 Å². The highest BCUT2D eigenvalue weighted by atomic mass is 79.9. The second kappa shape index (κ2) is 14.3. The lowest BCUT2D eigenvalue weighted by Gasteiger charge is -2.35. The van der Waals surface area contributed by atoms with Crippen LogP contribution in [0.3, 0.4) is 0 Å². The van der Waals surface area contributed by atoms with Crippen LogP contribution in [0.2, 0.25) is 0 Å². The van der Waals surface area contributed by atoms with Gasteiger partial charge in [0.15, 0.2) is 17.2 Å². The van der Waals surface area contributed by atoms with Crippen LogP contribution in [0.5, 0.6) is 5.75 Å². The molecule has 0 saturated carbocycles. The van der Waals surface area contributed by atoms with Crippen LogP contribution in [-0.4, -0.2) is 64.7 Å². The Labute approximate surface area is 261 Å². The Morgan fingerprint density at radius 1 is 1.16 bits per heavy atom. The molecular formula is C28H30BrN3O9S2. The van der Waals surface area contributed by atoms with Crippen molar-refractivity contribution in [1.82, 2.24) is 5.32 Å². The largest absolute Gasteiger partial charge is 0.479 e. The van der Waals surface area contributed by atoms with Gasteiger partial charge in [-0.15, -0.1) is 11.3 Å². The van der Waals surface area contributed by atoms with E-state index in [0.717, 1.165) is 11.3 Å². The molecule has 1 aliphatic rings. The summed E-state index contributed by atoms with van der Waals surface area (Å²) in [4.78, 5) is 35.9. The topological polar surface area (TPSA) is 154 Å². The highest BCUT2D eigenvalue weighted by molar-refractivity contribution is 9.10. The maximum Gasteiger partial charge on any atom is 0.351 e. The fraction of sp³-hybridized carbons (Fsp3) is 0.357. The predicted octanol–water partition coefficient (Wildman–Crippen LogP) is 4.90. The second-order valence-corrected chi connectivity index (χ2v) is 13.2. The molecule has 0 unspecified atom stereocenters. The van der Waals surface area contributed by atoms with Crippen LogP contribution < -0.4 is 14.4 Å². The van der Waals surface area contributed by atoms with Gasteiger partial charge in [-0.3, -0.25) is 14.4 Å². The minimum Gasteiger partial charge on any atom is -0.479 e. The number of ether oxygens (including phenoxy) is 3. The summed E-state index contributed by atoms with van der Waals surface area (Å²) in [7, 11) is -2.77. The van der Waals surface area contributed by atoms with Crippen molar-refractivity contribution in [3.8, 4) is 16.2 Å². The van der Waals surface area contributed by atoms with Crippen LogP contribution in [0.25, 0.3) is 10.4 Å². The van der Waals surface area contributed by atoms with Crippen molar-refractivity contribution in [3.63, 3.8) is 0 Å². The number of halogens is 1. The van der Waals surface area contributed by atoms with Gasteiger partial charge in [0.25, 0.3) is 5.69 Å². The zero-order valence-electron chi connectivity index (χ0n) is 23.4. The van der Waals surface area contributed by atoms with E-state index in [1.807, 2.05) is 0 Å². The van der Waals surface area contributed by atoms with Gasteiger partial charge in [0.05, 0.1) is 39.4 Å². The van der Waals surface area contributed by atoms with Crippen molar-refractivity contribution in [2.45, 2.75) is 31.6 Å². The van der Waals surface area contributed by atoms with Crippen LogP contribution in [0.1, 0.15) is 35.0 Å². The quantitative estimate of drug-likeness (QED) is 0.157. The summed E-state index contributed by atoms with van der Waals surface area (Å²) in [5.74, 6) is -1.59. The third-order valence-corrected chi connectivity index (χ3v) is 10.6. The normalized spacial score (nSPS) is 13.7. The van der Waals surface area contributed by atoms with E-state index in [0.29, 0.717) is 52.1 Å². The summed E-state index contributed by atoms with van der Waals surface area (Å²) in [5, 5.41) is 14.5. The summed E-state index contributed by atoms with van der Waals surface area (Å²) < 4.78 is 45.3. The van der Waals surface area contributed by atoms with Crippen molar-refractivity contribution >= 4 is 60.6 Å². The lowest BCUT2D eigenvalue weighted by molar-refractivity contribution is -0.384. The van der Waals surface area contributed by atoms with E-state index < -0.39 is 39.2 Å². The van der Waals surface area contributed by atoms with Gasteiger partial charge in [0, 0.05) is 18.2 Å². The molecule has 0 radical (unpaired) electrons. The number of benzene rings is 2. The highest BCUT2D eigenvalue weighted by Gasteiger charge is 2.33. The van der Waals surface area contributed by atoms with Crippen molar-refractivity contribution in [3.05, 3.63) is 73.6 Å². The fourth-order valence-corrected chi connectivity index (χ4v) is 8.54. The second-order valence-electron chi connectivity index (χ2n) is 9.50. The molecule has 230 valence electrons. The first-order valence-corrected chi connectivity index (χ1v) is 16.5. The Morgan fingerprint density at radius 3 is 2.56 bits per heavy atom. The van der Waals surface area contributed by atoms with Crippen molar-refractivity contribution in [2.75, 3.05) is 37.7 Å². The number of nitro groups is 1. The van der Waals surface area contributed by atoms with Crippen LogP contribution >= 0.6 is 27.3 Å². The summed E-state index contributed by atoms with van der Waals surface area (Å²) in [6, 6.07) is 12.1. The molecule has 2 aromatic carbocycles. The number of carbonyl (C=O) groups excluding carboxylic acids is 2. The zero-order chi connectivity index (χ0) is 31.1. The molecule has 1 aromatic heterocycles. The molecular weight excluding hydrogens is 666 g/mol. The molecule has 15 heteroatoms. The third-order valence-electron chi connectivity index (χ3n) is 6.59. The fourth-order valence-electron chi connectivity index (χ4n) is 4.74. The molecule has 12 nitrogen and oxygen atoms in total. The van der Waals surface area contributed by atoms with Gasteiger partial charge in [-0.1, -0.05) is 24.3 Å². The van der Waals surface area contributed by atoms with Crippen LogP contribution in [0.15, 0.2) is 53.0 Å². The number of carbonyl (C=O) groups is 2. The monoisotopic (exact) mass is 695 g/mol. The summed E-state index contributed by atoms with van der Waals surface area (Å²) in [5.41, 5.74) is 1.11. The summed E-state index contributed by atoms with van der Waals surface area (Å²) >= 11 is 4.56. The maximum atomic E-state index is 14.0. The number of methoxy groups -OCH3 is 1. The molecule has 1 aliphatic heterocycles. The molecule has 1 saturated heterocycles. The Balaban J connectivity index is 1.75. The number of nitro benzene ring substituents is 1. The van der Waals surface area contributed by atoms with E-state index in [1.54, 1.807) is 37.3 Å². The van der Waals surface area contributed by atoms with Crippen molar-refractivity contribution in [2.24, 2.45) is 0 Å². The molecule has 43 heavy (non-hydrogen) atoms. The molecule has 1 fully saturated rings. The molecule has 4 rings (SSSR count). The van der Waals surface area contributed by atoms with Gasteiger partial charge < -0.3 is 19.5 Å². The van der Waals surface area contributed by atoms with Crippen LogP contribution in [0.4, 0.5) is 11.4 Å². The first-order valence-electron chi connectivity index (χ1n) is 13.3. The van der Waals surface area contributed by atoms with E-state index in [9.17, 15) is 28.1 Å². The summed E-state index contributed by atoms with van der Waals surface area (Å²) in [6.07, 6.45) is 1.14. The molecule has 0 amide bonds. The lowest BCUT2D eigenvalue weighted by Crippen LogP contribution is -2.46. The maximum absolute atomic E-state index is 14.0. The van der Waals surface area contributed by atoms with E-state index in [2.05, 4.69) is 21.2 Å². The Hall–Kier alpha value is -3.53. The van der Waals surface area contributed by atoms with E-state index >= 15 is 0 Å². The van der Waals surface area contributed by atoms with Gasteiger partial charge in [-0.25, -0.2) is 18.0 Å². The number of piperidine rings is 1. The average Bonchev–Trinajstić information content (AvgIpc) is 3.32. The first kappa shape index (κ1) is 32.4. The number of rotatable bonds is 12. The lowest BCUT2D eigenvalue weighted by atomic mass is 10.1. The van der Waals surface area contributed by atoms with Gasteiger partial charge in [0.2, 0.25) is 10.0 Å².